The van der Waals surface area contributed by atoms with Crippen LogP contribution in [0.4, 0.5) is 11.5 Å². The summed E-state index contributed by atoms with van der Waals surface area (Å²) in [6, 6.07) is 25.1. The third-order valence-corrected chi connectivity index (χ3v) is 6.54. The van der Waals surface area contributed by atoms with Gasteiger partial charge in [0.25, 0.3) is 5.91 Å². The van der Waals surface area contributed by atoms with E-state index in [2.05, 4.69) is 20.8 Å². The Kier molecular flexibility index (Phi) is 7.91. The van der Waals surface area contributed by atoms with Crippen LogP contribution < -0.4 is 25.6 Å². The van der Waals surface area contributed by atoms with Gasteiger partial charge in [0.15, 0.2) is 5.82 Å². The van der Waals surface area contributed by atoms with Crippen LogP contribution >= 0.6 is 0 Å². The molecule has 4 aromatic carbocycles. The highest BCUT2D eigenvalue weighted by Crippen LogP contribution is 2.32. The van der Waals surface area contributed by atoms with E-state index < -0.39 is 7.12 Å². The first-order valence-corrected chi connectivity index (χ1v) is 12.5. The maximum absolute atomic E-state index is 12.9. The predicted octanol–water partition coefficient (Wildman–Crippen LogP) is 3.86. The second-order valence-corrected chi connectivity index (χ2v) is 9.03. The normalized spacial score (nSPS) is 10.7. The Balaban J connectivity index is 1.47. The average molecular weight is 534 g/mol. The zero-order valence-corrected chi connectivity index (χ0v) is 22.0. The Bertz CT molecular complexity index is 1660. The minimum absolute atomic E-state index is 0.272. The molecule has 1 heterocycles. The minimum Gasteiger partial charge on any atom is -0.497 e. The number of carbonyl (C=O) groups excluding carboxylic acids is 1. The second-order valence-electron chi connectivity index (χ2n) is 9.03. The van der Waals surface area contributed by atoms with Crippen molar-refractivity contribution >= 4 is 40.8 Å². The molecule has 40 heavy (non-hydrogen) atoms. The SMILES string of the molecule is COc1ccc(CNc2nncc3cc(-c4cc(B(O)O)ccc4NC(=O)c4ccccc4)ccc23)c(OC)c1. The van der Waals surface area contributed by atoms with Crippen LogP contribution in [0.15, 0.2) is 91.1 Å². The Labute approximate surface area is 231 Å². The molecule has 0 radical (unpaired) electrons. The number of ether oxygens (including phenoxy) is 2. The van der Waals surface area contributed by atoms with E-state index in [0.29, 0.717) is 46.1 Å². The van der Waals surface area contributed by atoms with Gasteiger partial charge in [-0.1, -0.05) is 36.4 Å². The lowest BCUT2D eigenvalue weighted by Gasteiger charge is -2.15. The Morgan fingerprint density at radius 1 is 0.925 bits per heavy atom. The van der Waals surface area contributed by atoms with E-state index in [-0.39, 0.29) is 5.91 Å². The van der Waals surface area contributed by atoms with Crippen molar-refractivity contribution in [2.45, 2.75) is 6.54 Å². The molecule has 0 aliphatic carbocycles. The molecule has 0 saturated heterocycles. The molecule has 10 heteroatoms. The molecular weight excluding hydrogens is 507 g/mol. The lowest BCUT2D eigenvalue weighted by molar-refractivity contribution is 0.102. The topological polar surface area (TPSA) is 126 Å². The lowest BCUT2D eigenvalue weighted by atomic mass is 9.78. The Morgan fingerprint density at radius 3 is 2.50 bits per heavy atom. The maximum Gasteiger partial charge on any atom is 0.488 e. The molecule has 4 N–H and O–H groups in total. The number of fused-ring (bicyclic) bond motifs is 1. The summed E-state index contributed by atoms with van der Waals surface area (Å²) in [5, 5.41) is 36.0. The van der Waals surface area contributed by atoms with Gasteiger partial charge in [-0.15, -0.1) is 5.10 Å². The monoisotopic (exact) mass is 534 g/mol. The highest BCUT2D eigenvalue weighted by atomic mass is 16.5. The number of aromatic nitrogens is 2. The van der Waals surface area contributed by atoms with Gasteiger partial charge in [0.05, 0.1) is 20.4 Å². The molecule has 0 aliphatic rings. The largest absolute Gasteiger partial charge is 0.497 e. The van der Waals surface area contributed by atoms with Crippen molar-refractivity contribution < 1.29 is 24.3 Å². The fourth-order valence-corrected chi connectivity index (χ4v) is 4.42. The quantitative estimate of drug-likeness (QED) is 0.210. The van der Waals surface area contributed by atoms with Crippen LogP contribution in [0.2, 0.25) is 0 Å². The molecule has 5 aromatic rings. The molecule has 0 atom stereocenters. The third kappa shape index (κ3) is 5.73. The number of amides is 1. The lowest BCUT2D eigenvalue weighted by Crippen LogP contribution is -2.30. The van der Waals surface area contributed by atoms with E-state index in [1.54, 1.807) is 62.9 Å². The standard InChI is InChI=1S/C30H27BN4O5/c1-39-24-11-8-21(28(16-24)40-2)17-32-29-25-12-9-20(14-22(25)18-33-35-29)26-15-23(31(37)38)10-13-27(26)34-30(36)19-6-4-3-5-7-19/h3-16,18,37-38H,17H2,1-2H3,(H,32,35)(H,34,36). The zero-order chi connectivity index (χ0) is 28.1. The molecular formula is C30H27BN4O5. The molecule has 5 rings (SSSR count). The van der Waals surface area contributed by atoms with Crippen LogP contribution in [0.1, 0.15) is 15.9 Å². The Hall–Kier alpha value is -4.93. The van der Waals surface area contributed by atoms with Gasteiger partial charge in [-0.2, -0.15) is 5.10 Å². The summed E-state index contributed by atoms with van der Waals surface area (Å²) in [6.07, 6.45) is 1.66. The van der Waals surface area contributed by atoms with Crippen molar-refractivity contribution in [3.8, 4) is 22.6 Å². The van der Waals surface area contributed by atoms with E-state index in [9.17, 15) is 14.8 Å². The molecule has 9 nitrogen and oxygen atoms in total. The van der Waals surface area contributed by atoms with Gasteiger partial charge in [0.1, 0.15) is 11.5 Å². The first-order chi connectivity index (χ1) is 19.5. The molecule has 1 amide bonds. The van der Waals surface area contributed by atoms with Crippen LogP contribution in [-0.4, -0.2) is 47.5 Å². The van der Waals surface area contributed by atoms with Gasteiger partial charge in [0.2, 0.25) is 0 Å². The fraction of sp³-hybridized carbons (Fsp3) is 0.100. The van der Waals surface area contributed by atoms with Crippen molar-refractivity contribution in [2.24, 2.45) is 0 Å². The fourth-order valence-electron chi connectivity index (χ4n) is 4.42. The van der Waals surface area contributed by atoms with E-state index in [0.717, 1.165) is 21.9 Å². The van der Waals surface area contributed by atoms with Crippen molar-refractivity contribution in [1.29, 1.82) is 0 Å². The molecule has 0 spiro atoms. The minimum atomic E-state index is -1.66. The Morgan fingerprint density at radius 2 is 1.75 bits per heavy atom. The van der Waals surface area contributed by atoms with Crippen LogP contribution in [0, 0.1) is 0 Å². The third-order valence-electron chi connectivity index (χ3n) is 6.54. The molecule has 0 fully saturated rings. The van der Waals surface area contributed by atoms with Crippen molar-refractivity contribution in [3.05, 3.63) is 102 Å². The van der Waals surface area contributed by atoms with Gasteiger partial charge >= 0.3 is 7.12 Å². The van der Waals surface area contributed by atoms with Gasteiger partial charge in [0, 0.05) is 45.8 Å². The molecule has 1 aromatic heterocycles. The summed E-state index contributed by atoms with van der Waals surface area (Å²) < 4.78 is 10.8. The molecule has 0 aliphatic heterocycles. The summed E-state index contributed by atoms with van der Waals surface area (Å²) in [7, 11) is 1.56. The average Bonchev–Trinajstić information content (AvgIpc) is 3.00. The van der Waals surface area contributed by atoms with Gasteiger partial charge in [-0.3, -0.25) is 4.79 Å². The van der Waals surface area contributed by atoms with Crippen LogP contribution in [-0.2, 0) is 6.54 Å². The zero-order valence-electron chi connectivity index (χ0n) is 22.0. The first kappa shape index (κ1) is 26.7. The number of hydrogen-bond donors (Lipinski definition) is 4. The number of rotatable bonds is 9. The van der Waals surface area contributed by atoms with E-state index in [1.807, 2.05) is 42.5 Å². The van der Waals surface area contributed by atoms with E-state index in [4.69, 9.17) is 9.47 Å². The number of benzene rings is 4. The number of methoxy groups -OCH3 is 2. The van der Waals surface area contributed by atoms with Gasteiger partial charge in [-0.05, 0) is 53.5 Å². The molecule has 0 saturated carbocycles. The number of anilines is 2. The summed E-state index contributed by atoms with van der Waals surface area (Å²) >= 11 is 0. The molecule has 200 valence electrons. The maximum atomic E-state index is 12.9. The number of nitrogens with one attached hydrogen (secondary N) is 2. The van der Waals surface area contributed by atoms with Gasteiger partial charge < -0.3 is 30.2 Å². The summed E-state index contributed by atoms with van der Waals surface area (Å²) in [5.74, 6) is 1.72. The predicted molar refractivity (Wildman–Crippen MR) is 156 cm³/mol. The van der Waals surface area contributed by atoms with Crippen LogP contribution in [0.5, 0.6) is 11.5 Å². The van der Waals surface area contributed by atoms with Crippen molar-refractivity contribution in [1.82, 2.24) is 10.2 Å². The van der Waals surface area contributed by atoms with Crippen LogP contribution in [0.3, 0.4) is 0 Å². The highest BCUT2D eigenvalue weighted by molar-refractivity contribution is 6.58. The van der Waals surface area contributed by atoms with Crippen molar-refractivity contribution in [2.75, 3.05) is 24.9 Å². The van der Waals surface area contributed by atoms with Crippen molar-refractivity contribution in [3.63, 3.8) is 0 Å². The van der Waals surface area contributed by atoms with Crippen LogP contribution in [0.25, 0.3) is 21.9 Å². The number of carbonyl (C=O) groups is 1. The van der Waals surface area contributed by atoms with E-state index >= 15 is 0 Å². The second kappa shape index (κ2) is 11.9. The highest BCUT2D eigenvalue weighted by Gasteiger charge is 2.17. The number of hydrogen-bond acceptors (Lipinski definition) is 8. The smallest absolute Gasteiger partial charge is 0.488 e. The van der Waals surface area contributed by atoms with Gasteiger partial charge in [-0.25, -0.2) is 0 Å². The summed E-state index contributed by atoms with van der Waals surface area (Å²) in [5.41, 5.74) is 3.66. The summed E-state index contributed by atoms with van der Waals surface area (Å²) in [4.78, 5) is 12.9. The molecule has 0 bridgehead atoms. The molecule has 0 unspecified atom stereocenters. The first-order valence-electron chi connectivity index (χ1n) is 12.5. The number of nitrogens with zero attached hydrogens (tertiary/aromatic N) is 2. The van der Waals surface area contributed by atoms with E-state index in [1.165, 1.54) is 0 Å². The summed E-state index contributed by atoms with van der Waals surface area (Å²) in [6.45, 7) is 0.453.